The maximum absolute atomic E-state index is 9.19. The number of alkyl halides is 1. The molecule has 3 nitrogen and oxygen atoms in total. The number of rotatable bonds is 0. The van der Waals surface area contributed by atoms with Gasteiger partial charge in [-0.05, 0) is 28.9 Å². The summed E-state index contributed by atoms with van der Waals surface area (Å²) in [7, 11) is 0. The maximum atomic E-state index is 9.19. The Morgan fingerprint density at radius 2 is 2.30 bits per heavy atom. The van der Waals surface area contributed by atoms with Gasteiger partial charge in [-0.3, -0.25) is 0 Å². The van der Waals surface area contributed by atoms with Gasteiger partial charge in [-0.2, -0.15) is 0 Å². The van der Waals surface area contributed by atoms with E-state index in [0.29, 0.717) is 5.57 Å². The van der Waals surface area contributed by atoms with E-state index >= 15 is 0 Å². The second-order valence-corrected chi connectivity index (χ2v) is 3.37. The first-order chi connectivity index (χ1) is 4.51. The van der Waals surface area contributed by atoms with Gasteiger partial charge in [-0.15, -0.1) is 0 Å². The van der Waals surface area contributed by atoms with Crippen LogP contribution in [0.1, 0.15) is 6.92 Å². The highest BCUT2D eigenvalue weighted by atomic mass is 79.9. The first kappa shape index (κ1) is 7.63. The van der Waals surface area contributed by atoms with Crippen molar-refractivity contribution in [1.82, 2.24) is 5.32 Å². The van der Waals surface area contributed by atoms with Crippen molar-refractivity contribution >= 4 is 15.9 Å². The van der Waals surface area contributed by atoms with Crippen molar-refractivity contribution in [1.29, 1.82) is 0 Å². The van der Waals surface area contributed by atoms with Crippen molar-refractivity contribution in [3.63, 3.8) is 0 Å². The van der Waals surface area contributed by atoms with Crippen LogP contribution in [0.3, 0.4) is 0 Å². The minimum Gasteiger partial charge on any atom is -0.495 e. The molecule has 4 heteroatoms. The van der Waals surface area contributed by atoms with Crippen LogP contribution in [0.5, 0.6) is 0 Å². The maximum Gasteiger partial charge on any atom is 0.215 e. The zero-order valence-corrected chi connectivity index (χ0v) is 7.01. The van der Waals surface area contributed by atoms with Crippen LogP contribution in [0.25, 0.3) is 0 Å². The molecule has 0 saturated carbocycles. The average molecular weight is 206 g/mol. The average Bonchev–Trinajstić information content (AvgIpc) is 1.79. The lowest BCUT2D eigenvalue weighted by Gasteiger charge is -2.23. The van der Waals surface area contributed by atoms with E-state index in [1.807, 2.05) is 0 Å². The zero-order chi connectivity index (χ0) is 7.78. The number of aliphatic hydroxyl groups excluding tert-OH is 1. The quantitative estimate of drug-likeness (QED) is 0.409. The molecule has 0 saturated heterocycles. The Kier molecular flexibility index (Phi) is 1.74. The van der Waals surface area contributed by atoms with E-state index in [2.05, 4.69) is 21.2 Å². The minimum absolute atomic E-state index is 0.0122. The Labute approximate surface area is 67.2 Å². The number of allylic oxidation sites excluding steroid dienone is 2. The summed E-state index contributed by atoms with van der Waals surface area (Å²) in [5.41, 5.74) is 0.698. The fourth-order valence-electron chi connectivity index (χ4n) is 0.621. The van der Waals surface area contributed by atoms with E-state index in [4.69, 9.17) is 5.11 Å². The van der Waals surface area contributed by atoms with Crippen LogP contribution < -0.4 is 5.32 Å². The Balaban J connectivity index is 2.85. The predicted molar refractivity (Wildman–Crippen MR) is 41.5 cm³/mol. The Bertz CT molecular complexity index is 208. The third-order valence-electron chi connectivity index (χ3n) is 1.22. The summed E-state index contributed by atoms with van der Waals surface area (Å²) in [6.45, 7) is 1.74. The summed E-state index contributed by atoms with van der Waals surface area (Å²) >= 11 is 2.92. The molecule has 1 aliphatic rings. The molecule has 0 bridgehead atoms. The molecule has 3 N–H and O–H groups in total. The van der Waals surface area contributed by atoms with Crippen molar-refractivity contribution in [3.8, 4) is 0 Å². The Hall–Kier alpha value is -0.480. The van der Waals surface area contributed by atoms with Gasteiger partial charge in [0.1, 0.15) is 0 Å². The van der Waals surface area contributed by atoms with Crippen LogP contribution in [-0.2, 0) is 0 Å². The van der Waals surface area contributed by atoms with Gasteiger partial charge < -0.3 is 15.5 Å². The third kappa shape index (κ3) is 1.52. The minimum atomic E-state index is -1.30. The lowest BCUT2D eigenvalue weighted by molar-refractivity contribution is 0.141. The first-order valence-corrected chi connectivity index (χ1v) is 3.59. The molecule has 10 heavy (non-hydrogen) atoms. The van der Waals surface area contributed by atoms with Gasteiger partial charge in [-0.1, -0.05) is 6.08 Å². The zero-order valence-electron chi connectivity index (χ0n) is 5.43. The molecule has 0 spiro atoms. The molecule has 0 aliphatic carbocycles. The highest BCUT2D eigenvalue weighted by molar-refractivity contribution is 9.10. The molecule has 0 aromatic heterocycles. The van der Waals surface area contributed by atoms with E-state index in [0.717, 1.165) is 0 Å². The Morgan fingerprint density at radius 1 is 1.70 bits per heavy atom. The third-order valence-corrected chi connectivity index (χ3v) is 1.68. The number of dihydropyridines is 1. The molecule has 1 aliphatic heterocycles. The van der Waals surface area contributed by atoms with Gasteiger partial charge in [-0.25, -0.2) is 0 Å². The summed E-state index contributed by atoms with van der Waals surface area (Å²) in [4.78, 5) is 0. The number of halogens is 1. The van der Waals surface area contributed by atoms with Crippen molar-refractivity contribution < 1.29 is 10.2 Å². The van der Waals surface area contributed by atoms with Crippen molar-refractivity contribution in [2.24, 2.45) is 0 Å². The van der Waals surface area contributed by atoms with Crippen LogP contribution in [0.15, 0.2) is 23.6 Å². The standard InChI is InChI=1S/C6H8BrNO2/c1-4-2-3-6(7,10)8-5(4)9/h2-3,8-10H,1H3. The molecule has 1 heterocycles. The van der Waals surface area contributed by atoms with Gasteiger partial charge in [0, 0.05) is 5.57 Å². The topological polar surface area (TPSA) is 52.5 Å². The summed E-state index contributed by atoms with van der Waals surface area (Å²) in [6, 6.07) is 0. The summed E-state index contributed by atoms with van der Waals surface area (Å²) in [5, 5.41) is 20.7. The van der Waals surface area contributed by atoms with E-state index in [1.54, 1.807) is 13.0 Å². The fraction of sp³-hybridized carbons (Fsp3) is 0.333. The fourth-order valence-corrected chi connectivity index (χ4v) is 0.941. The second kappa shape index (κ2) is 2.29. The van der Waals surface area contributed by atoms with Gasteiger partial charge in [0.2, 0.25) is 4.63 Å². The number of hydrogen-bond donors (Lipinski definition) is 3. The summed E-state index contributed by atoms with van der Waals surface area (Å²) in [6.07, 6.45) is 3.13. The normalized spacial score (nSPS) is 32.3. The molecule has 0 radical (unpaired) electrons. The van der Waals surface area contributed by atoms with Crippen LogP contribution in [0, 0.1) is 0 Å². The smallest absolute Gasteiger partial charge is 0.215 e. The second-order valence-electron chi connectivity index (χ2n) is 2.16. The SMILES string of the molecule is CC1=C(O)NC(O)(Br)C=C1. The largest absolute Gasteiger partial charge is 0.495 e. The van der Waals surface area contributed by atoms with Crippen LogP contribution in [0.2, 0.25) is 0 Å². The molecule has 0 fully saturated rings. The van der Waals surface area contributed by atoms with Gasteiger partial charge in [0.25, 0.3) is 0 Å². The first-order valence-electron chi connectivity index (χ1n) is 2.80. The van der Waals surface area contributed by atoms with Crippen LogP contribution >= 0.6 is 15.9 Å². The molecule has 0 amide bonds. The van der Waals surface area contributed by atoms with Crippen molar-refractivity contribution in [3.05, 3.63) is 23.6 Å². The molecular formula is C6H8BrNO2. The van der Waals surface area contributed by atoms with E-state index in [-0.39, 0.29) is 5.88 Å². The van der Waals surface area contributed by atoms with Gasteiger partial charge >= 0.3 is 0 Å². The molecule has 56 valence electrons. The number of hydrogen-bond acceptors (Lipinski definition) is 3. The molecular weight excluding hydrogens is 198 g/mol. The van der Waals surface area contributed by atoms with Crippen molar-refractivity contribution in [2.45, 2.75) is 11.6 Å². The summed E-state index contributed by atoms with van der Waals surface area (Å²) in [5.74, 6) is -0.0122. The number of aliphatic hydroxyl groups is 2. The van der Waals surface area contributed by atoms with E-state index in [9.17, 15) is 5.11 Å². The lowest BCUT2D eigenvalue weighted by Crippen LogP contribution is -2.38. The van der Waals surface area contributed by atoms with Crippen LogP contribution in [0.4, 0.5) is 0 Å². The lowest BCUT2D eigenvalue weighted by atomic mass is 10.2. The Morgan fingerprint density at radius 3 is 2.70 bits per heavy atom. The van der Waals surface area contributed by atoms with Crippen molar-refractivity contribution in [2.75, 3.05) is 0 Å². The molecule has 1 rings (SSSR count). The molecule has 0 aromatic carbocycles. The van der Waals surface area contributed by atoms with E-state index < -0.39 is 4.63 Å². The van der Waals surface area contributed by atoms with Gasteiger partial charge in [0.15, 0.2) is 5.88 Å². The van der Waals surface area contributed by atoms with E-state index in [1.165, 1.54) is 6.08 Å². The van der Waals surface area contributed by atoms with Gasteiger partial charge in [0.05, 0.1) is 0 Å². The highest BCUT2D eigenvalue weighted by Crippen LogP contribution is 2.19. The highest BCUT2D eigenvalue weighted by Gasteiger charge is 2.22. The van der Waals surface area contributed by atoms with Crippen LogP contribution in [-0.4, -0.2) is 14.8 Å². The molecule has 1 unspecified atom stereocenters. The predicted octanol–water partition coefficient (Wildman–Crippen LogP) is 0.976. The molecule has 0 aromatic rings. The summed E-state index contributed by atoms with van der Waals surface area (Å²) < 4.78 is -1.30. The monoisotopic (exact) mass is 205 g/mol. The number of nitrogens with one attached hydrogen (secondary N) is 1. The molecule has 1 atom stereocenters.